The lowest BCUT2D eigenvalue weighted by Gasteiger charge is -2.39. The van der Waals surface area contributed by atoms with Crippen molar-refractivity contribution in [1.29, 1.82) is 0 Å². The third kappa shape index (κ3) is 3.52. The fourth-order valence-corrected chi connectivity index (χ4v) is 2.38. The van der Waals surface area contributed by atoms with Crippen molar-refractivity contribution in [2.24, 2.45) is 0 Å². The van der Waals surface area contributed by atoms with Crippen LogP contribution >= 0.6 is 0 Å². The van der Waals surface area contributed by atoms with E-state index in [1.54, 1.807) is 4.90 Å². The molecule has 0 N–H and O–H groups in total. The number of carbonyl (C=O) groups excluding carboxylic acids is 1. The van der Waals surface area contributed by atoms with E-state index in [0.29, 0.717) is 0 Å². The number of hydrogen-bond acceptors (Lipinski definition) is 4. The predicted molar refractivity (Wildman–Crippen MR) is 74.6 cm³/mol. The number of rotatable bonds is 3. The third-order valence-corrected chi connectivity index (χ3v) is 3.61. The van der Waals surface area contributed by atoms with Crippen molar-refractivity contribution in [2.45, 2.75) is 12.6 Å². The number of nitrogens with zero attached hydrogens (tertiary/aromatic N) is 4. The lowest BCUT2D eigenvalue weighted by atomic mass is 10.1. The maximum atomic E-state index is 12.2. The number of carbonyl (C=O) groups is 1. The highest BCUT2D eigenvalue weighted by Gasteiger charge is 2.30. The van der Waals surface area contributed by atoms with Crippen LogP contribution in [0.1, 0.15) is 5.56 Å². The van der Waals surface area contributed by atoms with Gasteiger partial charge in [0.25, 0.3) is 0 Å². The first-order chi connectivity index (χ1) is 9.08. The lowest BCUT2D eigenvalue weighted by molar-refractivity contribution is -0.136. The van der Waals surface area contributed by atoms with E-state index in [1.807, 2.05) is 45.7 Å². The van der Waals surface area contributed by atoms with Crippen LogP contribution in [0.25, 0.3) is 0 Å². The van der Waals surface area contributed by atoms with Crippen molar-refractivity contribution in [3.8, 4) is 0 Å². The van der Waals surface area contributed by atoms with Crippen LogP contribution in [-0.4, -0.2) is 72.4 Å². The monoisotopic (exact) mass is 262 g/mol. The van der Waals surface area contributed by atoms with Gasteiger partial charge in [-0.3, -0.25) is 19.6 Å². The summed E-state index contributed by atoms with van der Waals surface area (Å²) in [7, 11) is 5.66. The van der Waals surface area contributed by atoms with Crippen LogP contribution in [0.5, 0.6) is 0 Å². The normalized spacial score (nSPS) is 21.3. The van der Waals surface area contributed by atoms with Crippen LogP contribution in [0.15, 0.2) is 24.5 Å². The van der Waals surface area contributed by atoms with E-state index < -0.39 is 0 Å². The first-order valence-electron chi connectivity index (χ1n) is 6.60. The summed E-state index contributed by atoms with van der Waals surface area (Å²) in [4.78, 5) is 22.3. The molecular formula is C14H22N4O. The molecule has 1 atom stereocenters. The second kappa shape index (κ2) is 6.12. The zero-order valence-corrected chi connectivity index (χ0v) is 11.9. The Bertz CT molecular complexity index is 421. The molecule has 1 saturated heterocycles. The van der Waals surface area contributed by atoms with Crippen molar-refractivity contribution in [3.63, 3.8) is 0 Å². The van der Waals surface area contributed by atoms with Gasteiger partial charge in [-0.1, -0.05) is 0 Å². The molecule has 2 rings (SSSR count). The van der Waals surface area contributed by atoms with E-state index in [-0.39, 0.29) is 11.9 Å². The van der Waals surface area contributed by atoms with E-state index >= 15 is 0 Å². The SMILES string of the molecule is CN(C)C(=O)[C@@H]1CN(Cc2ccncc2)CCN1C. The first kappa shape index (κ1) is 14.0. The van der Waals surface area contributed by atoms with Crippen LogP contribution in [-0.2, 0) is 11.3 Å². The van der Waals surface area contributed by atoms with Crippen LogP contribution in [0.2, 0.25) is 0 Å². The fraction of sp³-hybridized carbons (Fsp3) is 0.571. The molecule has 0 saturated carbocycles. The summed E-state index contributed by atoms with van der Waals surface area (Å²) in [5, 5.41) is 0. The molecule has 0 unspecified atom stereocenters. The fourth-order valence-electron chi connectivity index (χ4n) is 2.38. The topological polar surface area (TPSA) is 39.7 Å². The lowest BCUT2D eigenvalue weighted by Crippen LogP contribution is -2.57. The maximum absolute atomic E-state index is 12.2. The summed E-state index contributed by atoms with van der Waals surface area (Å²) >= 11 is 0. The van der Waals surface area contributed by atoms with Gasteiger partial charge in [-0.15, -0.1) is 0 Å². The van der Waals surface area contributed by atoms with Crippen molar-refractivity contribution in [2.75, 3.05) is 40.8 Å². The molecule has 2 heterocycles. The second-order valence-electron chi connectivity index (χ2n) is 5.32. The predicted octanol–water partition coefficient (Wildman–Crippen LogP) is 0.286. The van der Waals surface area contributed by atoms with E-state index in [0.717, 1.165) is 26.2 Å². The minimum absolute atomic E-state index is 0.0365. The van der Waals surface area contributed by atoms with Gasteiger partial charge in [0.1, 0.15) is 6.04 Å². The molecule has 1 aliphatic heterocycles. The summed E-state index contributed by atoms with van der Waals surface area (Å²) in [5.74, 6) is 0.182. The Kier molecular flexibility index (Phi) is 4.50. The maximum Gasteiger partial charge on any atom is 0.240 e. The van der Waals surface area contributed by atoms with E-state index in [9.17, 15) is 4.79 Å². The van der Waals surface area contributed by atoms with Crippen molar-refractivity contribution in [1.82, 2.24) is 19.7 Å². The molecule has 0 aromatic carbocycles. The molecule has 19 heavy (non-hydrogen) atoms. The molecule has 5 nitrogen and oxygen atoms in total. The summed E-state index contributed by atoms with van der Waals surface area (Å²) in [6.45, 7) is 3.59. The van der Waals surface area contributed by atoms with Gasteiger partial charge in [-0.05, 0) is 24.7 Å². The Morgan fingerprint density at radius 1 is 1.37 bits per heavy atom. The largest absolute Gasteiger partial charge is 0.347 e. The summed E-state index contributed by atoms with van der Waals surface area (Å²) in [6, 6.07) is 4.02. The molecule has 1 aliphatic rings. The molecule has 1 amide bonds. The van der Waals surface area contributed by atoms with E-state index in [1.165, 1.54) is 5.56 Å². The highest BCUT2D eigenvalue weighted by molar-refractivity contribution is 5.81. The Hall–Kier alpha value is -1.46. The van der Waals surface area contributed by atoms with Gasteiger partial charge in [-0.2, -0.15) is 0 Å². The van der Waals surface area contributed by atoms with E-state index in [2.05, 4.69) is 14.8 Å². The summed E-state index contributed by atoms with van der Waals surface area (Å²) < 4.78 is 0. The summed E-state index contributed by atoms with van der Waals surface area (Å²) in [6.07, 6.45) is 3.63. The van der Waals surface area contributed by atoms with E-state index in [4.69, 9.17) is 0 Å². The molecule has 0 radical (unpaired) electrons. The minimum Gasteiger partial charge on any atom is -0.347 e. The van der Waals surface area contributed by atoms with Gasteiger partial charge in [0, 0.05) is 52.7 Å². The highest BCUT2D eigenvalue weighted by atomic mass is 16.2. The highest BCUT2D eigenvalue weighted by Crippen LogP contribution is 2.12. The van der Waals surface area contributed by atoms with Gasteiger partial charge in [-0.25, -0.2) is 0 Å². The van der Waals surface area contributed by atoms with Crippen LogP contribution < -0.4 is 0 Å². The van der Waals surface area contributed by atoms with Crippen molar-refractivity contribution in [3.05, 3.63) is 30.1 Å². The average Bonchev–Trinajstić information content (AvgIpc) is 2.41. The molecule has 5 heteroatoms. The third-order valence-electron chi connectivity index (χ3n) is 3.61. The number of piperazine rings is 1. The molecular weight excluding hydrogens is 240 g/mol. The number of aromatic nitrogens is 1. The summed E-state index contributed by atoms with van der Waals surface area (Å²) in [5.41, 5.74) is 1.25. The van der Waals surface area contributed by atoms with Gasteiger partial charge >= 0.3 is 0 Å². The van der Waals surface area contributed by atoms with Crippen molar-refractivity contribution >= 4 is 5.91 Å². The number of pyridine rings is 1. The number of likely N-dealkylation sites (N-methyl/N-ethyl adjacent to an activating group) is 2. The minimum atomic E-state index is -0.0365. The Labute approximate surface area is 114 Å². The van der Waals surface area contributed by atoms with Gasteiger partial charge in [0.15, 0.2) is 0 Å². The van der Waals surface area contributed by atoms with Crippen LogP contribution in [0, 0.1) is 0 Å². The number of amides is 1. The molecule has 0 bridgehead atoms. The molecule has 1 aromatic heterocycles. The number of hydrogen-bond donors (Lipinski definition) is 0. The molecule has 104 valence electrons. The Morgan fingerprint density at radius 2 is 2.05 bits per heavy atom. The van der Waals surface area contributed by atoms with Gasteiger partial charge in [0.2, 0.25) is 5.91 Å². The standard InChI is InChI=1S/C14H22N4O/c1-16(2)14(19)13-11-18(9-8-17(13)3)10-12-4-6-15-7-5-12/h4-7,13H,8-11H2,1-3H3/t13-/m0/s1. The quantitative estimate of drug-likeness (QED) is 0.785. The second-order valence-corrected chi connectivity index (χ2v) is 5.32. The van der Waals surface area contributed by atoms with Crippen LogP contribution in [0.4, 0.5) is 0 Å². The zero-order chi connectivity index (χ0) is 13.8. The average molecular weight is 262 g/mol. The smallest absolute Gasteiger partial charge is 0.240 e. The molecule has 1 fully saturated rings. The zero-order valence-electron chi connectivity index (χ0n) is 11.9. The van der Waals surface area contributed by atoms with Crippen molar-refractivity contribution < 1.29 is 4.79 Å². The Balaban J connectivity index is 1.99. The van der Waals surface area contributed by atoms with Gasteiger partial charge in [0.05, 0.1) is 0 Å². The molecule has 0 spiro atoms. The van der Waals surface area contributed by atoms with Crippen LogP contribution in [0.3, 0.4) is 0 Å². The Morgan fingerprint density at radius 3 is 2.68 bits per heavy atom. The molecule has 1 aromatic rings. The molecule has 0 aliphatic carbocycles. The van der Waals surface area contributed by atoms with Gasteiger partial charge < -0.3 is 4.90 Å². The first-order valence-corrected chi connectivity index (χ1v) is 6.60.